The monoisotopic (exact) mass is 388 g/mol. The van der Waals surface area contributed by atoms with Gasteiger partial charge in [-0.25, -0.2) is 4.98 Å². The molecule has 1 heterocycles. The van der Waals surface area contributed by atoms with Crippen LogP contribution in [0.1, 0.15) is 10.4 Å². The van der Waals surface area contributed by atoms with E-state index < -0.39 is 0 Å². The molecule has 5 nitrogen and oxygen atoms in total. The summed E-state index contributed by atoms with van der Waals surface area (Å²) in [6, 6.07) is 13.9. The molecular weight excluding hydrogens is 372 g/mol. The van der Waals surface area contributed by atoms with E-state index in [1.165, 1.54) is 11.8 Å². The largest absolute Gasteiger partial charge is 0.383 e. The highest BCUT2D eigenvalue weighted by Gasteiger charge is 2.14. The highest BCUT2D eigenvalue weighted by Crippen LogP contribution is 2.20. The Morgan fingerprint density at radius 1 is 1.19 bits per heavy atom. The van der Waals surface area contributed by atoms with E-state index >= 15 is 0 Å². The molecule has 0 atom stereocenters. The van der Waals surface area contributed by atoms with Crippen molar-refractivity contribution in [1.29, 1.82) is 0 Å². The molecule has 0 N–H and O–H groups in total. The lowest BCUT2D eigenvalue weighted by Crippen LogP contribution is -2.25. The number of carbonyl (C=O) groups is 1. The summed E-state index contributed by atoms with van der Waals surface area (Å²) in [4.78, 5) is 29.7. The van der Waals surface area contributed by atoms with Gasteiger partial charge in [0.15, 0.2) is 10.9 Å². The Hall–Kier alpha value is -2.15. The lowest BCUT2D eigenvalue weighted by atomic mass is 10.1. The molecule has 2 aromatic carbocycles. The van der Waals surface area contributed by atoms with Crippen molar-refractivity contribution >= 4 is 40.0 Å². The number of thioether (sulfide) groups is 1. The second-order valence-corrected chi connectivity index (χ2v) is 6.96. The molecule has 0 unspecified atom stereocenters. The molecule has 26 heavy (non-hydrogen) atoms. The number of aromatic nitrogens is 2. The first kappa shape index (κ1) is 18.6. The van der Waals surface area contributed by atoms with Crippen molar-refractivity contribution in [1.82, 2.24) is 9.55 Å². The minimum Gasteiger partial charge on any atom is -0.383 e. The number of fused-ring (bicyclic) bond motifs is 1. The van der Waals surface area contributed by atoms with Crippen LogP contribution in [0.5, 0.6) is 0 Å². The zero-order valence-electron chi connectivity index (χ0n) is 14.1. The van der Waals surface area contributed by atoms with E-state index in [1.807, 2.05) is 12.1 Å². The Bertz CT molecular complexity index is 986. The van der Waals surface area contributed by atoms with Crippen LogP contribution in [0.3, 0.4) is 0 Å². The number of para-hydroxylation sites is 1. The Morgan fingerprint density at radius 2 is 1.92 bits per heavy atom. The van der Waals surface area contributed by atoms with Crippen LogP contribution in [0.2, 0.25) is 5.02 Å². The minimum atomic E-state index is -0.130. The number of Topliss-reactive ketones (excluding diaryl/α,β-unsaturated/α-hetero) is 1. The van der Waals surface area contributed by atoms with Gasteiger partial charge in [0.05, 0.1) is 29.8 Å². The van der Waals surface area contributed by atoms with Gasteiger partial charge in [-0.2, -0.15) is 0 Å². The van der Waals surface area contributed by atoms with E-state index in [1.54, 1.807) is 48.1 Å². The highest BCUT2D eigenvalue weighted by atomic mass is 35.5. The standard InChI is InChI=1S/C19H17ClN2O3S/c1-25-11-10-22-18(24)15-4-2-3-5-16(15)21-19(22)26-12-17(23)13-6-8-14(20)9-7-13/h2-9H,10-12H2,1H3. The average molecular weight is 389 g/mol. The van der Waals surface area contributed by atoms with Crippen molar-refractivity contribution in [2.24, 2.45) is 0 Å². The molecule has 134 valence electrons. The molecule has 0 aliphatic rings. The quantitative estimate of drug-likeness (QED) is 0.351. The molecule has 3 rings (SSSR count). The van der Waals surface area contributed by atoms with Gasteiger partial charge in [0.1, 0.15) is 0 Å². The smallest absolute Gasteiger partial charge is 0.262 e. The number of hydrogen-bond acceptors (Lipinski definition) is 5. The number of methoxy groups -OCH3 is 1. The number of rotatable bonds is 7. The summed E-state index contributed by atoms with van der Waals surface area (Å²) in [6.07, 6.45) is 0. The van der Waals surface area contributed by atoms with Crippen LogP contribution < -0.4 is 5.56 Å². The summed E-state index contributed by atoms with van der Waals surface area (Å²) in [5.74, 6) is 0.131. The molecular formula is C19H17ClN2O3S. The van der Waals surface area contributed by atoms with Gasteiger partial charge in [0, 0.05) is 17.7 Å². The van der Waals surface area contributed by atoms with Gasteiger partial charge in [-0.05, 0) is 36.4 Å². The van der Waals surface area contributed by atoms with E-state index in [-0.39, 0.29) is 17.1 Å². The molecule has 7 heteroatoms. The first-order chi connectivity index (χ1) is 12.6. The normalized spacial score (nSPS) is 11.0. The zero-order valence-corrected chi connectivity index (χ0v) is 15.7. The number of nitrogens with zero attached hydrogens (tertiary/aromatic N) is 2. The summed E-state index contributed by atoms with van der Waals surface area (Å²) in [7, 11) is 1.58. The van der Waals surface area contributed by atoms with E-state index in [2.05, 4.69) is 4.98 Å². The number of ether oxygens (including phenoxy) is 1. The van der Waals surface area contributed by atoms with Crippen molar-refractivity contribution in [2.45, 2.75) is 11.7 Å². The maximum absolute atomic E-state index is 12.8. The second kappa shape index (κ2) is 8.49. The Labute approximate surface area is 160 Å². The summed E-state index contributed by atoms with van der Waals surface area (Å²) in [5.41, 5.74) is 1.06. The third-order valence-electron chi connectivity index (χ3n) is 3.84. The molecule has 1 aromatic heterocycles. The van der Waals surface area contributed by atoms with Crippen LogP contribution in [-0.4, -0.2) is 34.8 Å². The van der Waals surface area contributed by atoms with Crippen LogP contribution >= 0.6 is 23.4 Å². The summed E-state index contributed by atoms with van der Waals surface area (Å²) < 4.78 is 6.66. The Morgan fingerprint density at radius 3 is 2.65 bits per heavy atom. The topological polar surface area (TPSA) is 61.2 Å². The third-order valence-corrected chi connectivity index (χ3v) is 5.07. The number of ketones is 1. The fourth-order valence-electron chi connectivity index (χ4n) is 2.49. The lowest BCUT2D eigenvalue weighted by molar-refractivity contribution is 0.102. The van der Waals surface area contributed by atoms with E-state index in [0.717, 1.165) is 0 Å². The maximum atomic E-state index is 12.8. The van der Waals surface area contributed by atoms with Gasteiger partial charge in [-0.1, -0.05) is 35.5 Å². The molecule has 0 aliphatic carbocycles. The molecule has 0 radical (unpaired) electrons. The summed E-state index contributed by atoms with van der Waals surface area (Å²) in [5, 5.41) is 1.64. The number of benzene rings is 2. The third kappa shape index (κ3) is 4.15. The van der Waals surface area contributed by atoms with Gasteiger partial charge in [-0.15, -0.1) is 0 Å². The fraction of sp³-hybridized carbons (Fsp3) is 0.211. The van der Waals surface area contributed by atoms with Crippen LogP contribution in [0.25, 0.3) is 10.9 Å². The molecule has 0 amide bonds. The van der Waals surface area contributed by atoms with Crippen molar-refractivity contribution in [3.63, 3.8) is 0 Å². The first-order valence-corrected chi connectivity index (χ1v) is 9.36. The molecule has 0 spiro atoms. The predicted octanol–water partition coefficient (Wildman–Crippen LogP) is 3.67. The average Bonchev–Trinajstić information content (AvgIpc) is 2.66. The molecule has 0 saturated heterocycles. The Kier molecular flexibility index (Phi) is 6.08. The van der Waals surface area contributed by atoms with Crippen LogP contribution in [0.4, 0.5) is 0 Å². The molecule has 0 bridgehead atoms. The molecule has 0 saturated carbocycles. The number of hydrogen-bond donors (Lipinski definition) is 0. The van der Waals surface area contributed by atoms with Crippen molar-refractivity contribution in [3.8, 4) is 0 Å². The summed E-state index contributed by atoms with van der Waals surface area (Å²) >= 11 is 7.10. The molecule has 3 aromatic rings. The second-order valence-electron chi connectivity index (χ2n) is 5.58. The fourth-order valence-corrected chi connectivity index (χ4v) is 3.53. The number of halogens is 1. The van der Waals surface area contributed by atoms with Crippen LogP contribution in [-0.2, 0) is 11.3 Å². The van der Waals surface area contributed by atoms with Crippen LogP contribution in [0, 0.1) is 0 Å². The number of carbonyl (C=O) groups excluding carboxylic acids is 1. The van der Waals surface area contributed by atoms with Gasteiger partial charge in [0.2, 0.25) is 0 Å². The van der Waals surface area contributed by atoms with E-state index in [9.17, 15) is 9.59 Å². The predicted molar refractivity (Wildman–Crippen MR) is 104 cm³/mol. The Balaban J connectivity index is 1.89. The zero-order chi connectivity index (χ0) is 18.5. The van der Waals surface area contributed by atoms with Crippen molar-refractivity contribution in [2.75, 3.05) is 19.5 Å². The SMILES string of the molecule is COCCn1c(SCC(=O)c2ccc(Cl)cc2)nc2ccccc2c1=O. The van der Waals surface area contributed by atoms with E-state index in [0.29, 0.717) is 39.8 Å². The highest BCUT2D eigenvalue weighted by molar-refractivity contribution is 7.99. The van der Waals surface area contributed by atoms with Crippen molar-refractivity contribution in [3.05, 3.63) is 69.5 Å². The van der Waals surface area contributed by atoms with Crippen LogP contribution in [0.15, 0.2) is 58.5 Å². The van der Waals surface area contributed by atoms with Crippen molar-refractivity contribution < 1.29 is 9.53 Å². The van der Waals surface area contributed by atoms with Gasteiger partial charge in [-0.3, -0.25) is 14.2 Å². The lowest BCUT2D eigenvalue weighted by Gasteiger charge is -2.12. The summed E-state index contributed by atoms with van der Waals surface area (Å²) in [6.45, 7) is 0.767. The van der Waals surface area contributed by atoms with Gasteiger partial charge >= 0.3 is 0 Å². The molecule has 0 aliphatic heterocycles. The van der Waals surface area contributed by atoms with E-state index in [4.69, 9.17) is 16.3 Å². The maximum Gasteiger partial charge on any atom is 0.262 e. The van der Waals surface area contributed by atoms with Gasteiger partial charge in [0.25, 0.3) is 5.56 Å². The minimum absolute atomic E-state index is 0.0487. The molecule has 0 fully saturated rings. The van der Waals surface area contributed by atoms with Gasteiger partial charge < -0.3 is 4.74 Å². The first-order valence-electron chi connectivity index (χ1n) is 8.00.